The normalized spacial score (nSPS) is 14.5. The summed E-state index contributed by atoms with van der Waals surface area (Å²) in [6, 6.07) is 6.37. The molecule has 4 rings (SSSR count). The molecule has 0 saturated heterocycles. The van der Waals surface area contributed by atoms with Crippen LogP contribution in [0.2, 0.25) is 0 Å². The number of aromatic nitrogens is 1. The minimum Gasteiger partial charge on any atom is -0.506 e. The predicted molar refractivity (Wildman–Crippen MR) is 92.3 cm³/mol. The molecule has 6 nitrogen and oxygen atoms in total. The van der Waals surface area contributed by atoms with Crippen LogP contribution in [-0.4, -0.2) is 32.8 Å². The Kier molecular flexibility index (Phi) is 3.20. The van der Waals surface area contributed by atoms with E-state index >= 15 is 0 Å². The number of aromatic hydroxyl groups is 2. The maximum absolute atomic E-state index is 13.0. The van der Waals surface area contributed by atoms with Crippen molar-refractivity contribution >= 4 is 22.3 Å². The molecule has 0 fully saturated rings. The van der Waals surface area contributed by atoms with Gasteiger partial charge in [0.15, 0.2) is 5.78 Å². The number of carbonyl (C=O) groups excluding carboxylic acids is 2. The van der Waals surface area contributed by atoms with Crippen LogP contribution >= 0.6 is 0 Å². The van der Waals surface area contributed by atoms with Crippen molar-refractivity contribution in [1.29, 1.82) is 0 Å². The lowest BCUT2D eigenvalue weighted by Gasteiger charge is -2.20. The molecule has 0 radical (unpaired) electrons. The number of benzene rings is 2. The van der Waals surface area contributed by atoms with Crippen LogP contribution in [0.5, 0.6) is 11.5 Å². The lowest BCUT2D eigenvalue weighted by atomic mass is 9.82. The van der Waals surface area contributed by atoms with E-state index in [1.807, 2.05) is 0 Å². The third kappa shape index (κ3) is 2.01. The van der Waals surface area contributed by atoms with Crippen molar-refractivity contribution in [2.24, 2.45) is 5.73 Å². The number of nitrogens with one attached hydrogen (secondary N) is 1. The Labute approximate surface area is 142 Å². The average Bonchev–Trinajstić information content (AvgIpc) is 2.99. The zero-order chi connectivity index (χ0) is 17.9. The molecule has 126 valence electrons. The van der Waals surface area contributed by atoms with Crippen molar-refractivity contribution in [3.63, 3.8) is 0 Å². The van der Waals surface area contributed by atoms with Gasteiger partial charge in [0.1, 0.15) is 11.5 Å². The number of fused-ring (bicyclic) bond motifs is 3. The highest BCUT2D eigenvalue weighted by Gasteiger charge is 2.38. The monoisotopic (exact) mass is 336 g/mol. The molecule has 1 aliphatic rings. The molecule has 0 bridgehead atoms. The van der Waals surface area contributed by atoms with Gasteiger partial charge in [-0.3, -0.25) is 9.59 Å². The fourth-order valence-electron chi connectivity index (χ4n) is 3.50. The molecule has 3 aromatic rings. The summed E-state index contributed by atoms with van der Waals surface area (Å²) in [6.45, 7) is 1.80. The number of nitrogens with two attached hydrogens (primary N) is 1. The molecule has 25 heavy (non-hydrogen) atoms. The first-order chi connectivity index (χ1) is 11.9. The average molecular weight is 336 g/mol. The minimum atomic E-state index is -0.515. The molecule has 1 heterocycles. The van der Waals surface area contributed by atoms with Crippen LogP contribution in [0.1, 0.15) is 44.5 Å². The second kappa shape index (κ2) is 5.19. The highest BCUT2D eigenvalue weighted by molar-refractivity contribution is 6.32. The molecule has 1 aromatic heterocycles. The zero-order valence-electron chi connectivity index (χ0n) is 13.5. The molecular formula is C19H16N2O4. The lowest BCUT2D eigenvalue weighted by molar-refractivity contribution is 0.0972. The highest BCUT2D eigenvalue weighted by Crippen LogP contribution is 2.44. The molecule has 1 atom stereocenters. The third-order valence-corrected chi connectivity index (χ3v) is 4.57. The van der Waals surface area contributed by atoms with Crippen LogP contribution in [-0.2, 0) is 6.42 Å². The van der Waals surface area contributed by atoms with E-state index in [2.05, 4.69) is 4.98 Å². The van der Waals surface area contributed by atoms with Gasteiger partial charge in [-0.2, -0.15) is 0 Å². The number of phenols is 2. The lowest BCUT2D eigenvalue weighted by Crippen LogP contribution is -2.24. The summed E-state index contributed by atoms with van der Waals surface area (Å²) < 4.78 is 0. The summed E-state index contributed by atoms with van der Waals surface area (Å²) in [5.74, 6) is -1.59. The third-order valence-electron chi connectivity index (χ3n) is 4.57. The van der Waals surface area contributed by atoms with Gasteiger partial charge in [0, 0.05) is 23.0 Å². The van der Waals surface area contributed by atoms with Crippen molar-refractivity contribution in [2.45, 2.75) is 19.4 Å². The molecule has 6 heteroatoms. The van der Waals surface area contributed by atoms with E-state index in [1.165, 1.54) is 0 Å². The Morgan fingerprint density at radius 1 is 1.00 bits per heavy atom. The minimum absolute atomic E-state index is 0.123. The van der Waals surface area contributed by atoms with E-state index < -0.39 is 11.6 Å². The first-order valence-electron chi connectivity index (χ1n) is 7.93. The van der Waals surface area contributed by atoms with E-state index in [-0.39, 0.29) is 39.9 Å². The fourth-order valence-corrected chi connectivity index (χ4v) is 3.50. The maximum atomic E-state index is 13.0. The van der Waals surface area contributed by atoms with E-state index in [1.54, 1.807) is 37.4 Å². The van der Waals surface area contributed by atoms with Crippen molar-refractivity contribution in [1.82, 2.24) is 4.98 Å². The fraction of sp³-hybridized carbons (Fsp3) is 0.158. The van der Waals surface area contributed by atoms with Gasteiger partial charge in [-0.25, -0.2) is 0 Å². The van der Waals surface area contributed by atoms with Crippen LogP contribution in [0.4, 0.5) is 0 Å². The van der Waals surface area contributed by atoms with Crippen LogP contribution in [0.3, 0.4) is 0 Å². The number of hydrogen-bond acceptors (Lipinski definition) is 5. The van der Waals surface area contributed by atoms with Crippen molar-refractivity contribution in [2.75, 3.05) is 0 Å². The molecule has 2 aromatic carbocycles. The van der Waals surface area contributed by atoms with Crippen molar-refractivity contribution < 1.29 is 19.8 Å². The summed E-state index contributed by atoms with van der Waals surface area (Å²) in [4.78, 5) is 28.8. The van der Waals surface area contributed by atoms with Gasteiger partial charge in [0.05, 0.1) is 22.4 Å². The molecule has 1 unspecified atom stereocenters. The first kappa shape index (κ1) is 15.4. The van der Waals surface area contributed by atoms with Gasteiger partial charge < -0.3 is 20.9 Å². The summed E-state index contributed by atoms with van der Waals surface area (Å²) in [5, 5.41) is 21.8. The van der Waals surface area contributed by atoms with Crippen molar-refractivity contribution in [3.05, 3.63) is 58.4 Å². The highest BCUT2D eigenvalue weighted by atomic mass is 16.3. The topological polar surface area (TPSA) is 116 Å². The van der Waals surface area contributed by atoms with Crippen LogP contribution < -0.4 is 5.73 Å². The van der Waals surface area contributed by atoms with Gasteiger partial charge in [-0.1, -0.05) is 24.3 Å². The van der Waals surface area contributed by atoms with Gasteiger partial charge in [0.2, 0.25) is 5.78 Å². The van der Waals surface area contributed by atoms with Crippen LogP contribution in [0, 0.1) is 0 Å². The first-order valence-corrected chi connectivity index (χ1v) is 7.93. The van der Waals surface area contributed by atoms with E-state index in [0.29, 0.717) is 22.8 Å². The van der Waals surface area contributed by atoms with Gasteiger partial charge in [-0.05, 0) is 18.9 Å². The van der Waals surface area contributed by atoms with E-state index in [0.717, 1.165) is 0 Å². The SMILES string of the molecule is CC(N)Cc1c[nH]c2c1C(=O)c1c(c(O)c3ccccc3c1O)C2=O. The van der Waals surface area contributed by atoms with Gasteiger partial charge >= 0.3 is 0 Å². The standard InChI is InChI=1S/C19H16N2O4/c1-8(20)6-9-7-21-15-12(9)18(24)13-14(19(15)25)17(23)11-5-3-2-4-10(11)16(13)22/h2-5,7-8,21-23H,6,20H2,1H3. The van der Waals surface area contributed by atoms with Crippen LogP contribution in [0.15, 0.2) is 30.5 Å². The Morgan fingerprint density at radius 3 is 2.12 bits per heavy atom. The number of ketones is 2. The second-order valence-corrected chi connectivity index (χ2v) is 6.40. The Bertz CT molecular complexity index is 1060. The van der Waals surface area contributed by atoms with E-state index in [9.17, 15) is 19.8 Å². The predicted octanol–water partition coefficient (Wildman–Crippen LogP) is 2.24. The Hall–Kier alpha value is -3.12. The van der Waals surface area contributed by atoms with Crippen LogP contribution in [0.25, 0.3) is 10.8 Å². The summed E-state index contributed by atoms with van der Waals surface area (Å²) in [6.07, 6.45) is 2.00. The van der Waals surface area contributed by atoms with Gasteiger partial charge in [0.25, 0.3) is 0 Å². The largest absolute Gasteiger partial charge is 0.506 e. The summed E-state index contributed by atoms with van der Waals surface area (Å²) >= 11 is 0. The van der Waals surface area contributed by atoms with Gasteiger partial charge in [-0.15, -0.1) is 0 Å². The van der Waals surface area contributed by atoms with Crippen molar-refractivity contribution in [3.8, 4) is 11.5 Å². The molecule has 0 amide bonds. The number of H-pyrrole nitrogens is 1. The molecule has 5 N–H and O–H groups in total. The summed E-state index contributed by atoms with van der Waals surface area (Å²) in [5.41, 5.74) is 6.47. The number of hydrogen-bond donors (Lipinski definition) is 4. The number of phenolic OH excluding ortho intramolecular Hbond substituents is 2. The molecule has 0 saturated carbocycles. The smallest absolute Gasteiger partial charge is 0.214 e. The molecule has 0 aliphatic heterocycles. The van der Waals surface area contributed by atoms with E-state index in [4.69, 9.17) is 5.73 Å². The zero-order valence-corrected chi connectivity index (χ0v) is 13.5. The molecule has 1 aliphatic carbocycles. The number of rotatable bonds is 2. The summed E-state index contributed by atoms with van der Waals surface area (Å²) in [7, 11) is 0. The molecular weight excluding hydrogens is 320 g/mol. The number of aromatic amines is 1. The maximum Gasteiger partial charge on any atom is 0.214 e. The second-order valence-electron chi connectivity index (χ2n) is 6.40. The Morgan fingerprint density at radius 2 is 1.56 bits per heavy atom. The number of carbonyl (C=O) groups is 2. The molecule has 0 spiro atoms. The Balaban J connectivity index is 2.05. The quantitative estimate of drug-likeness (QED) is 0.419.